The average molecular weight is 252 g/mol. The topological polar surface area (TPSA) is 31.4 Å². The molecule has 4 nitrogen and oxygen atoms in total. The molecule has 0 atom stereocenters. The summed E-state index contributed by atoms with van der Waals surface area (Å²) in [4.78, 5) is 9.18. The molecule has 0 unspecified atom stereocenters. The van der Waals surface area contributed by atoms with Crippen LogP contribution < -0.4 is 10.2 Å². The molecule has 1 aromatic rings. The summed E-state index contributed by atoms with van der Waals surface area (Å²) in [6.45, 7) is 10.3. The van der Waals surface area contributed by atoms with Gasteiger partial charge in [-0.3, -0.25) is 4.90 Å². The molecule has 1 aromatic heterocycles. The summed E-state index contributed by atoms with van der Waals surface area (Å²) >= 11 is 1.72. The molecule has 1 aliphatic rings. The molecular formula is C12H20N4S. The molecule has 0 spiro atoms. The minimum Gasteiger partial charge on any atom is -0.346 e. The number of hydrogen-bond donors (Lipinski definition) is 1. The lowest BCUT2D eigenvalue weighted by Gasteiger charge is -2.34. The Morgan fingerprint density at radius 3 is 2.82 bits per heavy atom. The lowest BCUT2D eigenvalue weighted by Crippen LogP contribution is -2.47. The zero-order chi connectivity index (χ0) is 12.1. The third kappa shape index (κ3) is 3.52. The maximum absolute atomic E-state index is 4.35. The Bertz CT molecular complexity index is 341. The molecule has 2 rings (SSSR count). The van der Waals surface area contributed by atoms with Gasteiger partial charge in [0.25, 0.3) is 0 Å². The molecule has 5 heteroatoms. The van der Waals surface area contributed by atoms with Crippen molar-refractivity contribution in [3.8, 4) is 0 Å². The Labute approximate surface area is 107 Å². The quantitative estimate of drug-likeness (QED) is 0.794. The van der Waals surface area contributed by atoms with Crippen LogP contribution in [0.1, 0.15) is 0 Å². The first-order valence-electron chi connectivity index (χ1n) is 5.97. The Morgan fingerprint density at radius 1 is 1.47 bits per heavy atom. The number of nitrogens with zero attached hydrogens (tertiary/aromatic N) is 3. The molecule has 0 bridgehead atoms. The first-order valence-corrected chi connectivity index (χ1v) is 6.85. The van der Waals surface area contributed by atoms with Gasteiger partial charge >= 0.3 is 0 Å². The van der Waals surface area contributed by atoms with Crippen LogP contribution >= 0.6 is 11.3 Å². The van der Waals surface area contributed by atoms with Crippen LogP contribution in [0.15, 0.2) is 23.7 Å². The van der Waals surface area contributed by atoms with E-state index in [1.807, 2.05) is 18.6 Å². The number of anilines is 1. The van der Waals surface area contributed by atoms with E-state index < -0.39 is 0 Å². The number of piperazine rings is 1. The molecule has 1 saturated heterocycles. The second-order valence-electron chi connectivity index (χ2n) is 4.36. The van der Waals surface area contributed by atoms with E-state index in [2.05, 4.69) is 26.7 Å². The van der Waals surface area contributed by atoms with Gasteiger partial charge in [-0.05, 0) is 12.6 Å². The third-order valence-corrected chi connectivity index (χ3v) is 3.77. The van der Waals surface area contributed by atoms with E-state index in [0.717, 1.165) is 44.4 Å². The van der Waals surface area contributed by atoms with E-state index in [1.165, 1.54) is 5.57 Å². The van der Waals surface area contributed by atoms with E-state index in [0.29, 0.717) is 0 Å². The van der Waals surface area contributed by atoms with Crippen molar-refractivity contribution in [2.75, 3.05) is 51.2 Å². The summed E-state index contributed by atoms with van der Waals surface area (Å²) in [6, 6.07) is 0. The van der Waals surface area contributed by atoms with Crippen LogP contribution in [0.3, 0.4) is 0 Å². The Balaban J connectivity index is 1.76. The molecule has 0 aliphatic carbocycles. The average Bonchev–Trinajstić information content (AvgIpc) is 2.84. The van der Waals surface area contributed by atoms with E-state index in [4.69, 9.17) is 0 Å². The predicted octanol–water partition coefficient (Wildman–Crippen LogP) is 1.04. The Hall–Kier alpha value is -0.910. The summed E-state index contributed by atoms with van der Waals surface area (Å²) < 4.78 is 0. The highest BCUT2D eigenvalue weighted by molar-refractivity contribution is 7.13. The van der Waals surface area contributed by atoms with Crippen LogP contribution in [-0.4, -0.2) is 56.2 Å². The van der Waals surface area contributed by atoms with Crippen molar-refractivity contribution in [3.63, 3.8) is 0 Å². The number of nitrogens with one attached hydrogen (secondary N) is 1. The Kier molecular flexibility index (Phi) is 4.53. The van der Waals surface area contributed by atoms with Crippen molar-refractivity contribution < 1.29 is 0 Å². The molecule has 17 heavy (non-hydrogen) atoms. The molecule has 2 heterocycles. The fraction of sp³-hybridized carbons (Fsp3) is 0.583. The first-order chi connectivity index (χ1) is 8.29. The van der Waals surface area contributed by atoms with Gasteiger partial charge in [-0.1, -0.05) is 6.58 Å². The summed E-state index contributed by atoms with van der Waals surface area (Å²) in [6.07, 6.45) is 1.88. The van der Waals surface area contributed by atoms with E-state index >= 15 is 0 Å². The van der Waals surface area contributed by atoms with Gasteiger partial charge < -0.3 is 10.2 Å². The lowest BCUT2D eigenvalue weighted by atomic mass is 10.2. The number of rotatable bonds is 5. The standard InChI is InChI=1S/C12H20N4S/c1-11(9-13-2)10-15-4-6-16(7-5-15)12-14-3-8-17-12/h3,8,13H,1,4-7,9-10H2,2H3. The molecule has 0 saturated carbocycles. The molecule has 0 amide bonds. The molecule has 1 aliphatic heterocycles. The minimum absolute atomic E-state index is 0.909. The van der Waals surface area contributed by atoms with Gasteiger partial charge in [-0.15, -0.1) is 11.3 Å². The van der Waals surface area contributed by atoms with Crippen LogP contribution in [-0.2, 0) is 0 Å². The molecular weight excluding hydrogens is 232 g/mol. The smallest absolute Gasteiger partial charge is 0.185 e. The maximum Gasteiger partial charge on any atom is 0.185 e. The summed E-state index contributed by atoms with van der Waals surface area (Å²) in [5.41, 5.74) is 1.26. The Morgan fingerprint density at radius 2 is 2.24 bits per heavy atom. The highest BCUT2D eigenvalue weighted by atomic mass is 32.1. The normalized spacial score (nSPS) is 17.4. The van der Waals surface area contributed by atoms with E-state index in [-0.39, 0.29) is 0 Å². The van der Waals surface area contributed by atoms with Gasteiger partial charge in [0, 0.05) is 50.8 Å². The molecule has 94 valence electrons. The third-order valence-electron chi connectivity index (χ3n) is 2.94. The molecule has 0 aromatic carbocycles. The van der Waals surface area contributed by atoms with Crippen molar-refractivity contribution in [2.45, 2.75) is 0 Å². The van der Waals surface area contributed by atoms with Gasteiger partial charge in [0.15, 0.2) is 5.13 Å². The SMILES string of the molecule is C=C(CNC)CN1CCN(c2nccs2)CC1. The van der Waals surface area contributed by atoms with E-state index in [1.54, 1.807) is 11.3 Å². The number of aromatic nitrogens is 1. The number of likely N-dealkylation sites (N-methyl/N-ethyl adjacent to an activating group) is 1. The van der Waals surface area contributed by atoms with Crippen LogP contribution in [0.25, 0.3) is 0 Å². The summed E-state index contributed by atoms with van der Waals surface area (Å²) in [5, 5.41) is 6.33. The molecule has 1 N–H and O–H groups in total. The van der Waals surface area contributed by atoms with Crippen molar-refractivity contribution >= 4 is 16.5 Å². The largest absolute Gasteiger partial charge is 0.346 e. The van der Waals surface area contributed by atoms with Gasteiger partial charge in [-0.2, -0.15) is 0 Å². The molecule has 1 fully saturated rings. The highest BCUT2D eigenvalue weighted by Crippen LogP contribution is 2.18. The van der Waals surface area contributed by atoms with Gasteiger partial charge in [-0.25, -0.2) is 4.98 Å². The van der Waals surface area contributed by atoms with E-state index in [9.17, 15) is 0 Å². The maximum atomic E-state index is 4.35. The van der Waals surface area contributed by atoms with Crippen molar-refractivity contribution in [1.82, 2.24) is 15.2 Å². The number of hydrogen-bond acceptors (Lipinski definition) is 5. The summed E-state index contributed by atoms with van der Waals surface area (Å²) in [7, 11) is 1.96. The van der Waals surface area contributed by atoms with Crippen LogP contribution in [0.4, 0.5) is 5.13 Å². The summed E-state index contributed by atoms with van der Waals surface area (Å²) in [5.74, 6) is 0. The van der Waals surface area contributed by atoms with Crippen molar-refractivity contribution in [2.24, 2.45) is 0 Å². The second-order valence-corrected chi connectivity index (χ2v) is 5.23. The van der Waals surface area contributed by atoms with Crippen molar-refractivity contribution in [3.05, 3.63) is 23.7 Å². The monoisotopic (exact) mass is 252 g/mol. The fourth-order valence-electron chi connectivity index (χ4n) is 2.09. The fourth-order valence-corrected chi connectivity index (χ4v) is 2.79. The van der Waals surface area contributed by atoms with Gasteiger partial charge in [0.2, 0.25) is 0 Å². The predicted molar refractivity (Wildman–Crippen MR) is 73.8 cm³/mol. The van der Waals surface area contributed by atoms with Crippen LogP contribution in [0.5, 0.6) is 0 Å². The lowest BCUT2D eigenvalue weighted by molar-refractivity contribution is 0.277. The van der Waals surface area contributed by atoms with Crippen LogP contribution in [0.2, 0.25) is 0 Å². The zero-order valence-electron chi connectivity index (χ0n) is 10.4. The van der Waals surface area contributed by atoms with Crippen molar-refractivity contribution in [1.29, 1.82) is 0 Å². The second kappa shape index (κ2) is 6.14. The molecule has 0 radical (unpaired) electrons. The highest BCUT2D eigenvalue weighted by Gasteiger charge is 2.18. The first kappa shape index (κ1) is 12.5. The zero-order valence-corrected chi connectivity index (χ0v) is 11.2. The van der Waals surface area contributed by atoms with Gasteiger partial charge in [0.05, 0.1) is 0 Å². The minimum atomic E-state index is 0.909. The number of thiazole rings is 1. The van der Waals surface area contributed by atoms with Gasteiger partial charge in [0.1, 0.15) is 0 Å². The van der Waals surface area contributed by atoms with Crippen LogP contribution in [0, 0.1) is 0 Å².